The molecule has 2 aliphatic rings. The van der Waals surface area contributed by atoms with Crippen molar-refractivity contribution in [3.63, 3.8) is 0 Å². The molecule has 10 nitrogen and oxygen atoms in total. The van der Waals surface area contributed by atoms with E-state index in [-0.39, 0.29) is 40.7 Å². The fourth-order valence-corrected chi connectivity index (χ4v) is 4.92. The first-order valence-corrected chi connectivity index (χ1v) is 13.7. The van der Waals surface area contributed by atoms with Gasteiger partial charge in [0.15, 0.2) is 16.7 Å². The molecule has 0 saturated carbocycles. The summed E-state index contributed by atoms with van der Waals surface area (Å²) in [5.74, 6) is -1.32. The maximum atomic E-state index is 14.8. The summed E-state index contributed by atoms with van der Waals surface area (Å²) in [6.07, 6.45) is 4.37. The number of ether oxygens (including phenoxy) is 1. The zero-order valence-corrected chi connectivity index (χ0v) is 22.9. The molecule has 3 heterocycles. The minimum Gasteiger partial charge on any atom is -0.436 e. The fourth-order valence-electron chi connectivity index (χ4n) is 4.69. The number of piperidine rings is 1. The molecule has 3 amide bonds. The number of benzene rings is 2. The van der Waals surface area contributed by atoms with Gasteiger partial charge in [-0.3, -0.25) is 10.1 Å². The van der Waals surface area contributed by atoms with Crippen molar-refractivity contribution < 1.29 is 23.1 Å². The smallest absolute Gasteiger partial charge is 0.323 e. The lowest BCUT2D eigenvalue weighted by Crippen LogP contribution is -2.51. The Balaban J connectivity index is 1.11. The predicted molar refractivity (Wildman–Crippen MR) is 153 cm³/mol. The quantitative estimate of drug-likeness (QED) is 0.354. The Morgan fingerprint density at radius 3 is 2.41 bits per heavy atom. The van der Waals surface area contributed by atoms with Gasteiger partial charge in [0.1, 0.15) is 18.0 Å². The molecular weight excluding hydrogens is 552 g/mol. The number of anilines is 2. The molecule has 0 unspecified atom stereocenters. The van der Waals surface area contributed by atoms with E-state index in [9.17, 15) is 18.4 Å². The Morgan fingerprint density at radius 1 is 0.976 bits per heavy atom. The van der Waals surface area contributed by atoms with Crippen LogP contribution in [-0.2, 0) is 11.2 Å². The van der Waals surface area contributed by atoms with Crippen LogP contribution < -0.4 is 20.7 Å². The van der Waals surface area contributed by atoms with E-state index in [2.05, 4.69) is 30.8 Å². The summed E-state index contributed by atoms with van der Waals surface area (Å²) in [6.45, 7) is 3.64. The third-order valence-corrected chi connectivity index (χ3v) is 7.18. The van der Waals surface area contributed by atoms with E-state index in [4.69, 9.17) is 17.0 Å². The number of carbonyl (C=O) groups excluding carboxylic acids is 2. The molecule has 5 rings (SSSR count). The molecule has 2 aromatic carbocycles. The monoisotopic (exact) mass is 581 g/mol. The van der Waals surface area contributed by atoms with Gasteiger partial charge in [0, 0.05) is 37.0 Å². The minimum absolute atomic E-state index is 0.00184. The van der Waals surface area contributed by atoms with E-state index in [1.54, 1.807) is 4.90 Å². The summed E-state index contributed by atoms with van der Waals surface area (Å²) in [4.78, 5) is 37.2. The topological polar surface area (TPSA) is 112 Å². The van der Waals surface area contributed by atoms with Crippen molar-refractivity contribution in [3.8, 4) is 11.6 Å². The van der Waals surface area contributed by atoms with Crippen LogP contribution in [0.1, 0.15) is 24.8 Å². The van der Waals surface area contributed by atoms with E-state index in [1.165, 1.54) is 55.2 Å². The molecule has 2 fully saturated rings. The lowest BCUT2D eigenvalue weighted by atomic mass is 10.00. The van der Waals surface area contributed by atoms with Crippen molar-refractivity contribution in [2.24, 2.45) is 0 Å². The van der Waals surface area contributed by atoms with Crippen LogP contribution >= 0.6 is 12.2 Å². The number of thiocarbonyl (C=S) groups is 1. The number of amides is 3. The molecular formula is C28H29F2N7O3S. The van der Waals surface area contributed by atoms with Gasteiger partial charge in [-0.1, -0.05) is 12.1 Å². The van der Waals surface area contributed by atoms with Crippen LogP contribution in [0.25, 0.3) is 0 Å². The largest absolute Gasteiger partial charge is 0.436 e. The molecule has 1 aromatic heterocycles. The number of aromatic nitrogens is 2. The van der Waals surface area contributed by atoms with Gasteiger partial charge < -0.3 is 25.2 Å². The fraction of sp³-hybridized carbons (Fsp3) is 0.321. The molecule has 0 aliphatic carbocycles. The molecule has 214 valence electrons. The number of halogens is 2. The maximum Gasteiger partial charge on any atom is 0.323 e. The van der Waals surface area contributed by atoms with Crippen LogP contribution in [0, 0.1) is 11.6 Å². The number of rotatable bonds is 7. The first-order valence-electron chi connectivity index (χ1n) is 13.3. The maximum absolute atomic E-state index is 14.8. The highest BCUT2D eigenvalue weighted by Gasteiger charge is 2.29. The van der Waals surface area contributed by atoms with Crippen LogP contribution in [0.5, 0.6) is 11.6 Å². The van der Waals surface area contributed by atoms with Gasteiger partial charge in [-0.05, 0) is 74.4 Å². The third-order valence-electron chi connectivity index (χ3n) is 6.97. The number of carbonyl (C=O) groups is 2. The molecule has 2 saturated heterocycles. The SMILES string of the molecule is O=C(Cc1ccc(F)cc1)NC(=S)Nc1ccc(Oc2cc(NC(=O)N3CCC(N4CCC4)CC3)ncn2)c(F)c1. The zero-order chi connectivity index (χ0) is 28.8. The molecule has 3 N–H and O–H groups in total. The van der Waals surface area contributed by atoms with Crippen LogP contribution in [0.2, 0.25) is 0 Å². The minimum atomic E-state index is -0.704. The van der Waals surface area contributed by atoms with Gasteiger partial charge in [0.05, 0.1) is 6.42 Å². The second kappa shape index (κ2) is 13.0. The number of likely N-dealkylation sites (tertiary alicyclic amines) is 2. The molecule has 0 bridgehead atoms. The highest BCUT2D eigenvalue weighted by atomic mass is 32.1. The normalized spacial score (nSPS) is 15.5. The van der Waals surface area contributed by atoms with Crippen molar-refractivity contribution in [2.45, 2.75) is 31.7 Å². The Hall–Kier alpha value is -4.23. The predicted octanol–water partition coefficient (Wildman–Crippen LogP) is 4.30. The van der Waals surface area contributed by atoms with Crippen molar-refractivity contribution in [1.29, 1.82) is 0 Å². The van der Waals surface area contributed by atoms with Gasteiger partial charge in [-0.2, -0.15) is 0 Å². The van der Waals surface area contributed by atoms with E-state index in [0.717, 1.165) is 32.0 Å². The van der Waals surface area contributed by atoms with E-state index in [0.29, 0.717) is 24.7 Å². The first kappa shape index (κ1) is 28.3. The summed E-state index contributed by atoms with van der Waals surface area (Å²) in [6, 6.07) is 11.3. The van der Waals surface area contributed by atoms with Crippen molar-refractivity contribution >= 4 is 40.8 Å². The zero-order valence-electron chi connectivity index (χ0n) is 22.1. The molecule has 0 atom stereocenters. The molecule has 2 aliphatic heterocycles. The lowest BCUT2D eigenvalue weighted by molar-refractivity contribution is -0.119. The number of hydrogen-bond acceptors (Lipinski definition) is 7. The number of urea groups is 1. The van der Waals surface area contributed by atoms with Crippen LogP contribution in [-0.4, -0.2) is 69.0 Å². The summed E-state index contributed by atoms with van der Waals surface area (Å²) in [7, 11) is 0. The highest BCUT2D eigenvalue weighted by Crippen LogP contribution is 2.27. The van der Waals surface area contributed by atoms with Crippen molar-refractivity contribution in [1.82, 2.24) is 25.1 Å². The number of nitrogens with one attached hydrogen (secondary N) is 3. The van der Waals surface area contributed by atoms with E-state index >= 15 is 0 Å². The molecule has 3 aromatic rings. The molecule has 13 heteroatoms. The first-order chi connectivity index (χ1) is 19.8. The van der Waals surface area contributed by atoms with Gasteiger partial charge in [-0.15, -0.1) is 0 Å². The highest BCUT2D eigenvalue weighted by molar-refractivity contribution is 7.80. The average Bonchev–Trinajstić information content (AvgIpc) is 2.91. The summed E-state index contributed by atoms with van der Waals surface area (Å²) in [5, 5.41) is 7.98. The van der Waals surface area contributed by atoms with Gasteiger partial charge in [0.25, 0.3) is 0 Å². The molecule has 41 heavy (non-hydrogen) atoms. The van der Waals surface area contributed by atoms with Crippen molar-refractivity contribution in [3.05, 3.63) is 72.1 Å². The second-order valence-corrected chi connectivity index (χ2v) is 10.2. The molecule has 0 radical (unpaired) electrons. The number of hydrogen-bond donors (Lipinski definition) is 3. The standard InChI is InChI=1S/C28H29F2N7O3S/c29-19-4-2-18(3-5-19)14-25(38)35-27(41)33-20-6-7-23(22(30)15-20)40-26-16-24(31-17-32-26)34-28(39)37-12-8-21(9-13-37)36-10-1-11-36/h2-7,15-17,21H,1,8-14H2,(H,31,32,34,39)(H2,33,35,38,41). The van der Waals surface area contributed by atoms with Gasteiger partial charge in [-0.25, -0.2) is 23.5 Å². The Morgan fingerprint density at radius 2 is 1.73 bits per heavy atom. The molecule has 0 spiro atoms. The van der Waals surface area contributed by atoms with E-state index in [1.807, 2.05) is 0 Å². The number of nitrogens with zero attached hydrogens (tertiary/aromatic N) is 4. The Bertz CT molecular complexity index is 1410. The second-order valence-electron chi connectivity index (χ2n) is 9.83. The Kier molecular flexibility index (Phi) is 8.95. The summed E-state index contributed by atoms with van der Waals surface area (Å²) >= 11 is 5.14. The third kappa shape index (κ3) is 7.70. The lowest BCUT2D eigenvalue weighted by Gasteiger charge is -2.42. The summed E-state index contributed by atoms with van der Waals surface area (Å²) < 4.78 is 33.4. The Labute approximate surface area is 241 Å². The van der Waals surface area contributed by atoms with E-state index < -0.39 is 17.5 Å². The summed E-state index contributed by atoms with van der Waals surface area (Å²) in [5.41, 5.74) is 0.907. The average molecular weight is 582 g/mol. The van der Waals surface area contributed by atoms with Crippen LogP contribution in [0.3, 0.4) is 0 Å². The van der Waals surface area contributed by atoms with Gasteiger partial charge >= 0.3 is 6.03 Å². The van der Waals surface area contributed by atoms with Crippen molar-refractivity contribution in [2.75, 3.05) is 36.8 Å². The van der Waals surface area contributed by atoms with Crippen LogP contribution in [0.4, 0.5) is 25.1 Å². The van der Waals surface area contributed by atoms with Crippen LogP contribution in [0.15, 0.2) is 54.9 Å². The van der Waals surface area contributed by atoms with Gasteiger partial charge in [0.2, 0.25) is 11.8 Å².